The Balaban J connectivity index is 0.00000225. The van der Waals surface area contributed by atoms with Crippen LogP contribution in [0.4, 0.5) is 0 Å². The molecule has 0 bridgehead atoms. The van der Waals surface area contributed by atoms with E-state index in [-0.39, 0.29) is 29.9 Å². The summed E-state index contributed by atoms with van der Waals surface area (Å²) in [6.45, 7) is 8.58. The quantitative estimate of drug-likeness (QED) is 0.452. The molecule has 162 valence electrons. The fraction of sp³-hybridized carbons (Fsp3) is 0.333. The number of rotatable bonds is 6. The number of nitrogens with two attached hydrogens (primary N) is 1. The normalized spacial score (nSPS) is 10.6. The minimum Gasteiger partial charge on any atom is -0.326 e. The Hall–Kier alpha value is -1.59. The van der Waals surface area contributed by atoms with Gasteiger partial charge < -0.3 is 5.73 Å². The molecular formula is C24H30Cl2N2OS. The number of hydrogen-bond acceptors (Lipinski definition) is 4. The fourth-order valence-electron chi connectivity index (χ4n) is 3.50. The lowest BCUT2D eigenvalue weighted by molar-refractivity contribution is -0.109. The predicted molar refractivity (Wildman–Crippen MR) is 135 cm³/mol. The van der Waals surface area contributed by atoms with Crippen molar-refractivity contribution in [3.8, 4) is 11.1 Å². The van der Waals surface area contributed by atoms with Crippen LogP contribution in [-0.2, 0) is 23.5 Å². The molecule has 0 aliphatic heterocycles. The van der Waals surface area contributed by atoms with E-state index in [1.165, 1.54) is 28.5 Å². The van der Waals surface area contributed by atoms with Crippen LogP contribution in [0.5, 0.6) is 0 Å². The van der Waals surface area contributed by atoms with Crippen LogP contribution in [0.25, 0.3) is 22.0 Å². The van der Waals surface area contributed by atoms with E-state index in [9.17, 15) is 4.79 Å². The lowest BCUT2D eigenvalue weighted by Crippen LogP contribution is -2.10. The fourth-order valence-corrected chi connectivity index (χ4v) is 4.05. The van der Waals surface area contributed by atoms with E-state index in [4.69, 9.17) is 10.7 Å². The topological polar surface area (TPSA) is 56.0 Å². The van der Waals surface area contributed by atoms with Gasteiger partial charge in [0, 0.05) is 30.3 Å². The first kappa shape index (κ1) is 26.4. The zero-order valence-corrected chi connectivity index (χ0v) is 20.3. The molecule has 6 heteroatoms. The van der Waals surface area contributed by atoms with Crippen LogP contribution < -0.4 is 5.73 Å². The SMILES string of the molecule is CC(=O)SCc1ccc2nc(CC(C)C)c(CN)c(-c3ccc(C)cc3)c2c1.Cl.Cl. The van der Waals surface area contributed by atoms with Crippen molar-refractivity contribution in [3.05, 3.63) is 64.8 Å². The van der Waals surface area contributed by atoms with Gasteiger partial charge in [-0.2, -0.15) is 0 Å². The molecule has 30 heavy (non-hydrogen) atoms. The number of hydrogen-bond donors (Lipinski definition) is 1. The molecule has 2 N–H and O–H groups in total. The van der Waals surface area contributed by atoms with Crippen molar-refractivity contribution in [3.63, 3.8) is 0 Å². The molecule has 1 heterocycles. The molecule has 0 atom stereocenters. The number of carbonyl (C=O) groups excluding carboxylic acids is 1. The number of benzene rings is 2. The Kier molecular flexibility index (Phi) is 10.3. The minimum absolute atomic E-state index is 0. The molecule has 0 radical (unpaired) electrons. The van der Waals surface area contributed by atoms with Gasteiger partial charge in [0.1, 0.15) is 0 Å². The Morgan fingerprint density at radius 2 is 1.77 bits per heavy atom. The Bertz CT molecular complexity index is 1000. The number of aryl methyl sites for hydroxylation is 1. The summed E-state index contributed by atoms with van der Waals surface area (Å²) in [4.78, 5) is 16.4. The number of pyridine rings is 1. The number of nitrogens with zero attached hydrogens (tertiary/aromatic N) is 1. The van der Waals surface area contributed by atoms with Crippen molar-refractivity contribution in [2.24, 2.45) is 11.7 Å². The van der Waals surface area contributed by atoms with E-state index >= 15 is 0 Å². The van der Waals surface area contributed by atoms with Crippen LogP contribution in [0.1, 0.15) is 43.2 Å². The van der Waals surface area contributed by atoms with E-state index in [2.05, 4.69) is 63.2 Å². The van der Waals surface area contributed by atoms with Crippen LogP contribution >= 0.6 is 36.6 Å². The first-order valence-corrected chi connectivity index (χ1v) is 10.7. The molecule has 3 rings (SSSR count). The zero-order chi connectivity index (χ0) is 20.3. The minimum atomic E-state index is 0. The van der Waals surface area contributed by atoms with Crippen molar-refractivity contribution in [1.29, 1.82) is 0 Å². The van der Waals surface area contributed by atoms with E-state index in [1.807, 2.05) is 0 Å². The molecule has 0 saturated carbocycles. The molecule has 0 fully saturated rings. The Labute approximate surface area is 196 Å². The smallest absolute Gasteiger partial charge is 0.186 e. The van der Waals surface area contributed by atoms with Gasteiger partial charge in [-0.1, -0.05) is 61.5 Å². The molecule has 0 aliphatic carbocycles. The van der Waals surface area contributed by atoms with Crippen LogP contribution in [0.15, 0.2) is 42.5 Å². The third kappa shape index (κ3) is 6.21. The second-order valence-corrected chi connectivity index (χ2v) is 8.86. The molecule has 3 nitrogen and oxygen atoms in total. The van der Waals surface area contributed by atoms with Gasteiger partial charge in [0.25, 0.3) is 0 Å². The zero-order valence-electron chi connectivity index (χ0n) is 17.9. The number of carbonyl (C=O) groups is 1. The number of thioether (sulfide) groups is 1. The van der Waals surface area contributed by atoms with Crippen LogP contribution in [0, 0.1) is 12.8 Å². The second kappa shape index (κ2) is 11.7. The predicted octanol–water partition coefficient (Wildman–Crippen LogP) is 6.49. The lowest BCUT2D eigenvalue weighted by Gasteiger charge is -2.18. The van der Waals surface area contributed by atoms with Crippen molar-refractivity contribution >= 4 is 52.6 Å². The highest BCUT2D eigenvalue weighted by Gasteiger charge is 2.17. The van der Waals surface area contributed by atoms with Gasteiger partial charge in [-0.15, -0.1) is 24.8 Å². The molecular weight excluding hydrogens is 435 g/mol. The van der Waals surface area contributed by atoms with Crippen molar-refractivity contribution in [2.45, 2.75) is 46.4 Å². The van der Waals surface area contributed by atoms with E-state index in [1.54, 1.807) is 6.92 Å². The summed E-state index contributed by atoms with van der Waals surface area (Å²) in [5.41, 5.74) is 14.1. The van der Waals surface area contributed by atoms with Crippen LogP contribution in [-0.4, -0.2) is 10.1 Å². The van der Waals surface area contributed by atoms with E-state index in [0.717, 1.165) is 34.1 Å². The average Bonchev–Trinajstić information content (AvgIpc) is 2.65. The van der Waals surface area contributed by atoms with Gasteiger partial charge in [-0.25, -0.2) is 0 Å². The van der Waals surface area contributed by atoms with Crippen molar-refractivity contribution < 1.29 is 4.79 Å². The van der Waals surface area contributed by atoms with Gasteiger partial charge in [-0.3, -0.25) is 9.78 Å². The highest BCUT2D eigenvalue weighted by atomic mass is 35.5. The maximum atomic E-state index is 11.4. The van der Waals surface area contributed by atoms with Crippen molar-refractivity contribution in [1.82, 2.24) is 4.98 Å². The van der Waals surface area contributed by atoms with Crippen LogP contribution in [0.2, 0.25) is 0 Å². The highest BCUT2D eigenvalue weighted by molar-refractivity contribution is 8.12. The summed E-state index contributed by atoms with van der Waals surface area (Å²) < 4.78 is 0. The number of halogens is 2. The van der Waals surface area contributed by atoms with Crippen molar-refractivity contribution in [2.75, 3.05) is 0 Å². The van der Waals surface area contributed by atoms with Gasteiger partial charge in [-0.05, 0) is 53.6 Å². The number of fused-ring (bicyclic) bond motifs is 1. The van der Waals surface area contributed by atoms with Gasteiger partial charge in [0.15, 0.2) is 5.12 Å². The molecule has 0 spiro atoms. The molecule has 0 amide bonds. The average molecular weight is 465 g/mol. The second-order valence-electron chi connectivity index (χ2n) is 7.71. The van der Waals surface area contributed by atoms with Gasteiger partial charge >= 0.3 is 0 Å². The van der Waals surface area contributed by atoms with Gasteiger partial charge in [0.2, 0.25) is 0 Å². The van der Waals surface area contributed by atoms with E-state index < -0.39 is 0 Å². The van der Waals surface area contributed by atoms with E-state index in [0.29, 0.717) is 18.2 Å². The standard InChI is InChI=1S/C24H28N2OS.2ClH/c1-15(2)11-23-21(13-25)24(19-8-5-16(3)6-9-19)20-12-18(14-28-17(4)27)7-10-22(20)26-23;;/h5-10,12,15H,11,13-14,25H2,1-4H3;2*1H. The molecule has 0 saturated heterocycles. The molecule has 3 aromatic rings. The largest absolute Gasteiger partial charge is 0.326 e. The number of aromatic nitrogens is 1. The monoisotopic (exact) mass is 464 g/mol. The first-order valence-electron chi connectivity index (χ1n) is 9.74. The summed E-state index contributed by atoms with van der Waals surface area (Å²) >= 11 is 1.33. The van der Waals surface area contributed by atoms with Gasteiger partial charge in [0.05, 0.1) is 5.52 Å². The summed E-state index contributed by atoms with van der Waals surface area (Å²) in [5, 5.41) is 1.24. The highest BCUT2D eigenvalue weighted by Crippen LogP contribution is 2.35. The Morgan fingerprint density at radius 3 is 2.33 bits per heavy atom. The molecule has 1 aromatic heterocycles. The maximum Gasteiger partial charge on any atom is 0.186 e. The third-order valence-electron chi connectivity index (χ3n) is 4.82. The molecule has 0 unspecified atom stereocenters. The summed E-state index contributed by atoms with van der Waals surface area (Å²) in [5.74, 6) is 1.18. The maximum absolute atomic E-state index is 11.4. The first-order chi connectivity index (χ1) is 13.4. The lowest BCUT2D eigenvalue weighted by atomic mass is 9.90. The summed E-state index contributed by atoms with van der Waals surface area (Å²) in [6.07, 6.45) is 0.906. The summed E-state index contributed by atoms with van der Waals surface area (Å²) in [6, 6.07) is 14.9. The van der Waals surface area contributed by atoms with Crippen LogP contribution in [0.3, 0.4) is 0 Å². The third-order valence-corrected chi connectivity index (χ3v) is 5.71. The Morgan fingerprint density at radius 1 is 1.10 bits per heavy atom. The molecule has 2 aromatic carbocycles. The summed E-state index contributed by atoms with van der Waals surface area (Å²) in [7, 11) is 0. The molecule has 0 aliphatic rings.